The molecule has 1 aromatic carbocycles. The van der Waals surface area contributed by atoms with Crippen LogP contribution in [0.15, 0.2) is 35.8 Å². The van der Waals surface area contributed by atoms with Gasteiger partial charge in [-0.15, -0.1) is 6.58 Å². The normalized spacial score (nSPS) is 14.6. The molecule has 0 aliphatic heterocycles. The van der Waals surface area contributed by atoms with Crippen LogP contribution in [0.3, 0.4) is 0 Å². The van der Waals surface area contributed by atoms with Gasteiger partial charge in [0.25, 0.3) is 0 Å². The molecule has 0 radical (unpaired) electrons. The molecule has 0 amide bonds. The molecule has 0 fully saturated rings. The molecule has 0 saturated carbocycles. The molecule has 2 rings (SSSR count). The van der Waals surface area contributed by atoms with Crippen LogP contribution in [0.2, 0.25) is 0 Å². The number of guanidine groups is 1. The molecule has 0 bridgehead atoms. The van der Waals surface area contributed by atoms with Crippen molar-refractivity contribution < 1.29 is 0 Å². The molecule has 0 heterocycles. The van der Waals surface area contributed by atoms with Crippen LogP contribution in [0.5, 0.6) is 0 Å². The van der Waals surface area contributed by atoms with E-state index in [0.717, 1.165) is 5.69 Å². The number of hydrogen-bond acceptors (Lipinski definition) is 1. The Hall–Kier alpha value is -1.77. The van der Waals surface area contributed by atoms with Gasteiger partial charge in [-0.2, -0.15) is 0 Å². The third kappa shape index (κ3) is 2.42. The maximum absolute atomic E-state index is 5.73. The molecular weight excluding hydrogens is 198 g/mol. The van der Waals surface area contributed by atoms with Crippen molar-refractivity contribution in [2.24, 2.45) is 10.7 Å². The van der Waals surface area contributed by atoms with Crippen LogP contribution in [0.25, 0.3) is 0 Å². The van der Waals surface area contributed by atoms with Gasteiger partial charge in [0.15, 0.2) is 5.96 Å². The Bertz CT molecular complexity index is 421. The van der Waals surface area contributed by atoms with E-state index in [2.05, 4.69) is 35.1 Å². The van der Waals surface area contributed by atoms with Gasteiger partial charge < -0.3 is 11.1 Å². The van der Waals surface area contributed by atoms with E-state index < -0.39 is 0 Å². The minimum absolute atomic E-state index is 0.442. The van der Waals surface area contributed by atoms with Gasteiger partial charge in [-0.05, 0) is 42.5 Å². The minimum atomic E-state index is 0.442. The Morgan fingerprint density at radius 3 is 3.06 bits per heavy atom. The van der Waals surface area contributed by atoms with E-state index in [0.29, 0.717) is 12.5 Å². The van der Waals surface area contributed by atoms with Gasteiger partial charge in [0.1, 0.15) is 0 Å². The largest absolute Gasteiger partial charge is 0.370 e. The SMILES string of the molecule is C=CCN=C(N)Nc1ccc2c(c1)CCC2. The van der Waals surface area contributed by atoms with Crippen molar-refractivity contribution in [3.8, 4) is 0 Å². The Balaban J connectivity index is 2.07. The zero-order valence-electron chi connectivity index (χ0n) is 9.37. The number of fused-ring (bicyclic) bond motifs is 1. The topological polar surface area (TPSA) is 50.4 Å². The van der Waals surface area contributed by atoms with Crippen molar-refractivity contribution in [2.45, 2.75) is 19.3 Å². The third-order valence-corrected chi connectivity index (χ3v) is 2.76. The predicted molar refractivity (Wildman–Crippen MR) is 68.8 cm³/mol. The first-order chi connectivity index (χ1) is 7.79. The Morgan fingerprint density at radius 2 is 2.25 bits per heavy atom. The lowest BCUT2D eigenvalue weighted by Gasteiger charge is -2.07. The highest BCUT2D eigenvalue weighted by Crippen LogP contribution is 2.24. The van der Waals surface area contributed by atoms with Crippen LogP contribution in [0.1, 0.15) is 17.5 Å². The van der Waals surface area contributed by atoms with Gasteiger partial charge in [0, 0.05) is 5.69 Å². The van der Waals surface area contributed by atoms with Crippen LogP contribution in [-0.2, 0) is 12.8 Å². The molecule has 0 saturated heterocycles. The quantitative estimate of drug-likeness (QED) is 0.461. The van der Waals surface area contributed by atoms with Crippen molar-refractivity contribution in [1.82, 2.24) is 0 Å². The van der Waals surface area contributed by atoms with Crippen LogP contribution >= 0.6 is 0 Å². The molecule has 0 aromatic heterocycles. The summed E-state index contributed by atoms with van der Waals surface area (Å²) in [6.45, 7) is 4.14. The molecule has 1 aromatic rings. The third-order valence-electron chi connectivity index (χ3n) is 2.76. The van der Waals surface area contributed by atoms with E-state index in [1.807, 2.05) is 0 Å². The second-order valence-corrected chi connectivity index (χ2v) is 3.98. The van der Waals surface area contributed by atoms with E-state index in [1.54, 1.807) is 6.08 Å². The van der Waals surface area contributed by atoms with Crippen molar-refractivity contribution in [3.63, 3.8) is 0 Å². The maximum atomic E-state index is 5.73. The summed E-state index contributed by atoms with van der Waals surface area (Å²) in [5.74, 6) is 0.442. The summed E-state index contributed by atoms with van der Waals surface area (Å²) in [6, 6.07) is 6.39. The van der Waals surface area contributed by atoms with Crippen LogP contribution in [-0.4, -0.2) is 12.5 Å². The molecule has 3 nitrogen and oxygen atoms in total. The van der Waals surface area contributed by atoms with E-state index in [9.17, 15) is 0 Å². The standard InChI is InChI=1S/C13H17N3/c1-2-8-15-13(14)16-12-7-6-10-4-3-5-11(10)9-12/h2,6-7,9H,1,3-5,8H2,(H3,14,15,16). The smallest absolute Gasteiger partial charge is 0.193 e. The lowest BCUT2D eigenvalue weighted by Crippen LogP contribution is -2.22. The van der Waals surface area contributed by atoms with E-state index in [4.69, 9.17) is 5.73 Å². The summed E-state index contributed by atoms with van der Waals surface area (Å²) in [4.78, 5) is 4.10. The van der Waals surface area contributed by atoms with E-state index >= 15 is 0 Å². The number of nitrogens with one attached hydrogen (secondary N) is 1. The number of nitrogens with two attached hydrogens (primary N) is 1. The van der Waals surface area contributed by atoms with Crippen LogP contribution < -0.4 is 11.1 Å². The fraction of sp³-hybridized carbons (Fsp3) is 0.308. The number of benzene rings is 1. The Kier molecular flexibility index (Phi) is 3.25. The summed E-state index contributed by atoms with van der Waals surface area (Å²) < 4.78 is 0. The maximum Gasteiger partial charge on any atom is 0.193 e. The highest BCUT2D eigenvalue weighted by Gasteiger charge is 2.10. The summed E-state index contributed by atoms with van der Waals surface area (Å²) in [6.07, 6.45) is 5.36. The highest BCUT2D eigenvalue weighted by molar-refractivity contribution is 5.92. The number of aryl methyl sites for hydroxylation is 2. The molecule has 0 atom stereocenters. The summed E-state index contributed by atoms with van der Waals surface area (Å²) in [5, 5.41) is 3.09. The average molecular weight is 215 g/mol. The molecule has 84 valence electrons. The average Bonchev–Trinajstić information content (AvgIpc) is 2.73. The van der Waals surface area contributed by atoms with Gasteiger partial charge in [-0.3, -0.25) is 0 Å². The molecule has 16 heavy (non-hydrogen) atoms. The Labute approximate surface area is 96.1 Å². The van der Waals surface area contributed by atoms with Gasteiger partial charge in [0.2, 0.25) is 0 Å². The summed E-state index contributed by atoms with van der Waals surface area (Å²) in [5.41, 5.74) is 9.64. The van der Waals surface area contributed by atoms with Crippen molar-refractivity contribution in [3.05, 3.63) is 42.0 Å². The number of hydrogen-bond donors (Lipinski definition) is 2. The highest BCUT2D eigenvalue weighted by atomic mass is 15.1. The second-order valence-electron chi connectivity index (χ2n) is 3.98. The van der Waals surface area contributed by atoms with E-state index in [1.165, 1.54) is 30.4 Å². The summed E-state index contributed by atoms with van der Waals surface area (Å²) in [7, 11) is 0. The lowest BCUT2D eigenvalue weighted by molar-refractivity contribution is 0.912. The molecule has 3 N–H and O–H groups in total. The fourth-order valence-corrected chi connectivity index (χ4v) is 2.00. The van der Waals surface area contributed by atoms with Gasteiger partial charge in [-0.25, -0.2) is 4.99 Å². The molecule has 1 aliphatic carbocycles. The van der Waals surface area contributed by atoms with Crippen molar-refractivity contribution in [1.29, 1.82) is 0 Å². The molecular formula is C13H17N3. The minimum Gasteiger partial charge on any atom is -0.370 e. The van der Waals surface area contributed by atoms with Crippen LogP contribution in [0, 0.1) is 0 Å². The van der Waals surface area contributed by atoms with Crippen molar-refractivity contribution in [2.75, 3.05) is 11.9 Å². The first-order valence-electron chi connectivity index (χ1n) is 5.59. The van der Waals surface area contributed by atoms with Gasteiger partial charge >= 0.3 is 0 Å². The van der Waals surface area contributed by atoms with Gasteiger partial charge in [-0.1, -0.05) is 12.1 Å². The Morgan fingerprint density at radius 1 is 1.44 bits per heavy atom. The molecule has 0 unspecified atom stereocenters. The predicted octanol–water partition coefficient (Wildman–Crippen LogP) is 2.09. The van der Waals surface area contributed by atoms with Crippen molar-refractivity contribution >= 4 is 11.6 Å². The molecule has 0 spiro atoms. The first kappa shape index (κ1) is 10.7. The number of rotatable bonds is 3. The molecule has 3 heteroatoms. The second kappa shape index (κ2) is 4.84. The monoisotopic (exact) mass is 215 g/mol. The fourth-order valence-electron chi connectivity index (χ4n) is 2.00. The number of anilines is 1. The number of nitrogens with zero attached hydrogens (tertiary/aromatic N) is 1. The van der Waals surface area contributed by atoms with Gasteiger partial charge in [0.05, 0.1) is 6.54 Å². The zero-order valence-corrected chi connectivity index (χ0v) is 9.37. The lowest BCUT2D eigenvalue weighted by atomic mass is 10.1. The summed E-state index contributed by atoms with van der Waals surface area (Å²) >= 11 is 0. The molecule has 1 aliphatic rings. The first-order valence-corrected chi connectivity index (χ1v) is 5.59. The zero-order chi connectivity index (χ0) is 11.4. The van der Waals surface area contributed by atoms with Crippen LogP contribution in [0.4, 0.5) is 5.69 Å². The number of aliphatic imine (C=N–C) groups is 1. The van der Waals surface area contributed by atoms with E-state index in [-0.39, 0.29) is 0 Å².